The Morgan fingerprint density at radius 2 is 2.00 bits per heavy atom. The van der Waals surface area contributed by atoms with Crippen LogP contribution in [0.2, 0.25) is 0 Å². The third-order valence-electron chi connectivity index (χ3n) is 2.57. The van der Waals surface area contributed by atoms with Crippen molar-refractivity contribution in [1.82, 2.24) is 5.32 Å². The number of nitrogens with two attached hydrogens (primary N) is 1. The minimum atomic E-state index is -1.11. The molecule has 0 aromatic heterocycles. The Morgan fingerprint density at radius 3 is 2.50 bits per heavy atom. The number of ether oxygens (including phenoxy) is 2. The Morgan fingerprint density at radius 1 is 1.40 bits per heavy atom. The lowest BCUT2D eigenvalue weighted by atomic mass is 10.2. The van der Waals surface area contributed by atoms with Crippen LogP contribution in [0.4, 0.5) is 8.78 Å². The van der Waals surface area contributed by atoms with Crippen molar-refractivity contribution in [3.63, 3.8) is 0 Å². The molecule has 0 radical (unpaired) electrons. The van der Waals surface area contributed by atoms with E-state index in [2.05, 4.69) is 5.32 Å². The molecule has 0 fully saturated rings. The number of hydrogen-bond acceptors (Lipinski definition) is 4. The van der Waals surface area contributed by atoms with Gasteiger partial charge in [0, 0.05) is 20.2 Å². The van der Waals surface area contributed by atoms with Gasteiger partial charge in [0.25, 0.3) is 5.91 Å². The van der Waals surface area contributed by atoms with E-state index in [0.29, 0.717) is 25.3 Å². The molecule has 1 aromatic carbocycles. The molecular formula is C13H18F2N2O3. The lowest BCUT2D eigenvalue weighted by Crippen LogP contribution is -2.31. The first-order valence-electron chi connectivity index (χ1n) is 6.09. The normalized spacial score (nSPS) is 12.2. The fourth-order valence-corrected chi connectivity index (χ4v) is 1.47. The van der Waals surface area contributed by atoms with Crippen LogP contribution in [0.3, 0.4) is 0 Å². The van der Waals surface area contributed by atoms with Gasteiger partial charge in [-0.25, -0.2) is 8.78 Å². The molecule has 1 unspecified atom stereocenters. The van der Waals surface area contributed by atoms with Gasteiger partial charge in [0.05, 0.1) is 6.61 Å². The molecular weight excluding hydrogens is 270 g/mol. The topological polar surface area (TPSA) is 73.6 Å². The van der Waals surface area contributed by atoms with Crippen molar-refractivity contribution in [2.45, 2.75) is 19.6 Å². The third-order valence-corrected chi connectivity index (χ3v) is 2.57. The van der Waals surface area contributed by atoms with Gasteiger partial charge in [0.2, 0.25) is 0 Å². The molecule has 1 aromatic rings. The molecule has 112 valence electrons. The standard InChI is InChI=1S/C13H18F2N2O3/c1-8(13(16)18)20-12-10(14)5-9(6-11(12)15)7-17-3-4-19-2/h5-6,8,17H,3-4,7H2,1-2H3,(H2,16,18). The van der Waals surface area contributed by atoms with Crippen molar-refractivity contribution < 1.29 is 23.0 Å². The number of rotatable bonds is 8. The molecule has 0 saturated carbocycles. The van der Waals surface area contributed by atoms with Crippen LogP contribution in [0.1, 0.15) is 12.5 Å². The summed E-state index contributed by atoms with van der Waals surface area (Å²) in [6.45, 7) is 2.68. The van der Waals surface area contributed by atoms with Gasteiger partial charge in [0.15, 0.2) is 23.5 Å². The van der Waals surface area contributed by atoms with Crippen LogP contribution in [0, 0.1) is 11.6 Å². The maximum absolute atomic E-state index is 13.7. The Balaban J connectivity index is 2.73. The molecule has 0 aliphatic carbocycles. The van der Waals surface area contributed by atoms with E-state index in [1.54, 1.807) is 7.11 Å². The van der Waals surface area contributed by atoms with Crippen molar-refractivity contribution in [2.24, 2.45) is 5.73 Å². The first kappa shape index (κ1) is 16.3. The summed E-state index contributed by atoms with van der Waals surface area (Å²) in [4.78, 5) is 10.8. The zero-order valence-corrected chi connectivity index (χ0v) is 11.4. The average Bonchev–Trinajstić information content (AvgIpc) is 2.38. The van der Waals surface area contributed by atoms with Crippen LogP contribution in [0.5, 0.6) is 5.75 Å². The summed E-state index contributed by atoms with van der Waals surface area (Å²) < 4.78 is 37.2. The summed E-state index contributed by atoms with van der Waals surface area (Å²) in [5, 5.41) is 2.96. The van der Waals surface area contributed by atoms with Crippen LogP contribution in [0.25, 0.3) is 0 Å². The molecule has 0 bridgehead atoms. The van der Waals surface area contributed by atoms with Gasteiger partial charge in [-0.1, -0.05) is 0 Å². The molecule has 1 amide bonds. The summed E-state index contributed by atoms with van der Waals surface area (Å²) in [7, 11) is 1.56. The maximum atomic E-state index is 13.7. The predicted molar refractivity (Wildman–Crippen MR) is 69.2 cm³/mol. The van der Waals surface area contributed by atoms with Crippen LogP contribution < -0.4 is 15.8 Å². The quantitative estimate of drug-likeness (QED) is 0.699. The molecule has 0 aliphatic heterocycles. The second-order valence-electron chi connectivity index (χ2n) is 4.22. The smallest absolute Gasteiger partial charge is 0.258 e. The highest BCUT2D eigenvalue weighted by atomic mass is 19.1. The van der Waals surface area contributed by atoms with Gasteiger partial charge < -0.3 is 20.5 Å². The molecule has 20 heavy (non-hydrogen) atoms. The Bertz CT molecular complexity index is 446. The Hall–Kier alpha value is -1.73. The molecule has 3 N–H and O–H groups in total. The second kappa shape index (κ2) is 7.76. The lowest BCUT2D eigenvalue weighted by Gasteiger charge is -2.14. The Kier molecular flexibility index (Phi) is 6.33. The molecule has 0 spiro atoms. The van der Waals surface area contributed by atoms with Crippen molar-refractivity contribution in [2.75, 3.05) is 20.3 Å². The molecule has 0 heterocycles. The van der Waals surface area contributed by atoms with Crippen LogP contribution in [-0.4, -0.2) is 32.3 Å². The zero-order chi connectivity index (χ0) is 15.1. The van der Waals surface area contributed by atoms with E-state index in [9.17, 15) is 13.6 Å². The van der Waals surface area contributed by atoms with Gasteiger partial charge in [-0.2, -0.15) is 0 Å². The van der Waals surface area contributed by atoms with E-state index in [0.717, 1.165) is 12.1 Å². The van der Waals surface area contributed by atoms with Gasteiger partial charge in [-0.3, -0.25) is 4.79 Å². The predicted octanol–water partition coefficient (Wildman–Crippen LogP) is 0.953. The summed E-state index contributed by atoms with van der Waals surface area (Å²) >= 11 is 0. The van der Waals surface area contributed by atoms with E-state index in [4.69, 9.17) is 15.2 Å². The number of nitrogens with one attached hydrogen (secondary N) is 1. The van der Waals surface area contributed by atoms with Gasteiger partial charge in [-0.15, -0.1) is 0 Å². The third kappa shape index (κ3) is 4.75. The maximum Gasteiger partial charge on any atom is 0.258 e. The zero-order valence-electron chi connectivity index (χ0n) is 11.4. The van der Waals surface area contributed by atoms with Crippen molar-refractivity contribution in [3.8, 4) is 5.75 Å². The number of carbonyl (C=O) groups excluding carboxylic acids is 1. The number of methoxy groups -OCH3 is 1. The molecule has 5 nitrogen and oxygen atoms in total. The van der Waals surface area contributed by atoms with Crippen LogP contribution in [0.15, 0.2) is 12.1 Å². The van der Waals surface area contributed by atoms with E-state index in [1.165, 1.54) is 6.92 Å². The number of hydrogen-bond donors (Lipinski definition) is 2. The number of halogens is 2. The van der Waals surface area contributed by atoms with Gasteiger partial charge in [0.1, 0.15) is 0 Å². The van der Waals surface area contributed by atoms with Crippen molar-refractivity contribution in [3.05, 3.63) is 29.3 Å². The molecule has 7 heteroatoms. The van der Waals surface area contributed by atoms with Crippen molar-refractivity contribution in [1.29, 1.82) is 0 Å². The largest absolute Gasteiger partial charge is 0.475 e. The fourth-order valence-electron chi connectivity index (χ4n) is 1.47. The summed E-state index contributed by atoms with van der Waals surface area (Å²) in [6.07, 6.45) is -1.11. The first-order chi connectivity index (χ1) is 9.45. The Labute approximate surface area is 116 Å². The fraction of sp³-hybridized carbons (Fsp3) is 0.462. The highest BCUT2D eigenvalue weighted by molar-refractivity contribution is 5.78. The number of amides is 1. The van der Waals surface area contributed by atoms with E-state index in [-0.39, 0.29) is 0 Å². The van der Waals surface area contributed by atoms with E-state index >= 15 is 0 Å². The minimum absolute atomic E-state index is 0.294. The van der Waals surface area contributed by atoms with E-state index in [1.807, 2.05) is 0 Å². The van der Waals surface area contributed by atoms with Crippen LogP contribution in [-0.2, 0) is 16.1 Å². The summed E-state index contributed by atoms with van der Waals surface area (Å²) in [6, 6.07) is 2.29. The first-order valence-corrected chi connectivity index (χ1v) is 6.09. The monoisotopic (exact) mass is 288 g/mol. The number of carbonyl (C=O) groups is 1. The van der Waals surface area contributed by atoms with E-state index < -0.39 is 29.4 Å². The summed E-state index contributed by atoms with van der Waals surface area (Å²) in [5.74, 6) is -3.14. The molecule has 1 atom stereocenters. The van der Waals surface area contributed by atoms with Crippen LogP contribution >= 0.6 is 0 Å². The molecule has 0 aliphatic rings. The number of benzene rings is 1. The highest BCUT2D eigenvalue weighted by Crippen LogP contribution is 2.24. The molecule has 0 saturated heterocycles. The minimum Gasteiger partial charge on any atom is -0.475 e. The SMILES string of the molecule is COCCNCc1cc(F)c(OC(C)C(N)=O)c(F)c1. The number of primary amides is 1. The molecule has 1 rings (SSSR count). The highest BCUT2D eigenvalue weighted by Gasteiger charge is 2.18. The lowest BCUT2D eigenvalue weighted by molar-refractivity contribution is -0.124. The average molecular weight is 288 g/mol. The second-order valence-corrected chi connectivity index (χ2v) is 4.22. The summed E-state index contributed by atoms with van der Waals surface area (Å²) in [5.41, 5.74) is 5.40. The van der Waals surface area contributed by atoms with Gasteiger partial charge >= 0.3 is 0 Å². The van der Waals surface area contributed by atoms with Gasteiger partial charge in [-0.05, 0) is 24.6 Å². The van der Waals surface area contributed by atoms with Crippen molar-refractivity contribution >= 4 is 5.91 Å².